The van der Waals surface area contributed by atoms with Crippen LogP contribution >= 0.6 is 0 Å². The third kappa shape index (κ3) is 3.42. The van der Waals surface area contributed by atoms with Crippen LogP contribution in [0.25, 0.3) is 0 Å². The van der Waals surface area contributed by atoms with Gasteiger partial charge in [0.25, 0.3) is 5.56 Å². The minimum absolute atomic E-state index is 0.325. The zero-order valence-electron chi connectivity index (χ0n) is 15.8. The van der Waals surface area contributed by atoms with Crippen LogP contribution in [0.3, 0.4) is 0 Å². The van der Waals surface area contributed by atoms with Crippen LogP contribution in [0.5, 0.6) is 0 Å². The van der Waals surface area contributed by atoms with Crippen molar-refractivity contribution in [3.8, 4) is 0 Å². The lowest BCUT2D eigenvalue weighted by Gasteiger charge is -2.40. The van der Waals surface area contributed by atoms with Crippen LogP contribution in [-0.4, -0.2) is 47.3 Å². The Morgan fingerprint density at radius 2 is 1.92 bits per heavy atom. The molecule has 1 saturated heterocycles. The number of hydrogen-bond acceptors (Lipinski definition) is 5. The first kappa shape index (κ1) is 20.9. The molecule has 1 unspecified atom stereocenters. The van der Waals surface area contributed by atoms with Crippen LogP contribution in [0, 0.1) is 0 Å². The summed E-state index contributed by atoms with van der Waals surface area (Å²) in [5, 5.41) is 9.21. The molecule has 0 aliphatic carbocycles. The molecule has 1 fully saturated rings. The van der Waals surface area contributed by atoms with Gasteiger partial charge in [0.2, 0.25) is 6.23 Å². The Morgan fingerprint density at radius 1 is 1.35 bits per heavy atom. The van der Waals surface area contributed by atoms with E-state index in [9.17, 15) is 14.7 Å². The number of aromatic nitrogens is 2. The highest BCUT2D eigenvalue weighted by atomic mass is 28.4. The van der Waals surface area contributed by atoms with Gasteiger partial charge < -0.3 is 14.3 Å². The van der Waals surface area contributed by atoms with Gasteiger partial charge in [-0.1, -0.05) is 20.8 Å². The van der Waals surface area contributed by atoms with Crippen molar-refractivity contribution < 1.29 is 23.1 Å². The highest BCUT2D eigenvalue weighted by Gasteiger charge is 2.62. The van der Waals surface area contributed by atoms with Crippen molar-refractivity contribution in [1.29, 1.82) is 0 Å². The van der Waals surface area contributed by atoms with Crippen LogP contribution in [0.15, 0.2) is 21.9 Å². The lowest BCUT2D eigenvalue weighted by atomic mass is 10.1. The Balaban J connectivity index is 2.47. The maximum absolute atomic E-state index is 15.1. The molecule has 0 aromatic carbocycles. The number of aliphatic hydroxyl groups is 1. The number of rotatable bonds is 4. The fourth-order valence-corrected chi connectivity index (χ4v) is 3.82. The molecule has 1 N–H and O–H groups in total. The topological polar surface area (TPSA) is 82.7 Å². The Bertz CT molecular complexity index is 784. The van der Waals surface area contributed by atoms with Crippen molar-refractivity contribution in [1.82, 2.24) is 9.13 Å². The van der Waals surface area contributed by atoms with E-state index in [2.05, 4.69) is 0 Å². The molecule has 2 rings (SSSR count). The van der Waals surface area contributed by atoms with Gasteiger partial charge in [0.15, 0.2) is 8.32 Å². The molecular weight excluding hydrogens is 366 g/mol. The summed E-state index contributed by atoms with van der Waals surface area (Å²) in [5.41, 5.74) is -1.54. The van der Waals surface area contributed by atoms with Crippen LogP contribution in [0.4, 0.5) is 8.78 Å². The SMILES string of the molecule is Cn1c(=O)ccn([C@@H]2O[C@H](CO)C(O[Si](C)(C)C(C)(C)C)C2(F)F)c1=O. The number of nitrogens with zero attached hydrogens (tertiary/aromatic N) is 2. The summed E-state index contributed by atoms with van der Waals surface area (Å²) in [6.45, 7) is 8.71. The minimum atomic E-state index is -3.57. The van der Waals surface area contributed by atoms with Gasteiger partial charge in [-0.3, -0.25) is 13.9 Å². The zero-order chi connectivity index (χ0) is 20.1. The van der Waals surface area contributed by atoms with Crippen molar-refractivity contribution in [2.45, 2.75) is 63.3 Å². The van der Waals surface area contributed by atoms with E-state index in [1.165, 1.54) is 7.05 Å². The van der Waals surface area contributed by atoms with Gasteiger partial charge in [0.05, 0.1) is 6.61 Å². The molecule has 148 valence electrons. The summed E-state index contributed by atoms with van der Waals surface area (Å²) < 4.78 is 42.8. The molecule has 26 heavy (non-hydrogen) atoms. The summed E-state index contributed by atoms with van der Waals surface area (Å²) in [6, 6.07) is 1.01. The number of ether oxygens (including phenoxy) is 1. The van der Waals surface area contributed by atoms with E-state index in [0.29, 0.717) is 4.57 Å². The summed E-state index contributed by atoms with van der Waals surface area (Å²) >= 11 is 0. The smallest absolute Gasteiger partial charge is 0.333 e. The molecule has 0 spiro atoms. The van der Waals surface area contributed by atoms with Gasteiger partial charge in [0, 0.05) is 19.3 Å². The molecule has 1 aliphatic heterocycles. The molecule has 10 heteroatoms. The van der Waals surface area contributed by atoms with Gasteiger partial charge in [-0.25, -0.2) is 4.79 Å². The second-order valence-electron chi connectivity index (χ2n) is 8.09. The van der Waals surface area contributed by atoms with E-state index in [-0.39, 0.29) is 5.04 Å². The van der Waals surface area contributed by atoms with Gasteiger partial charge >= 0.3 is 11.6 Å². The molecule has 3 atom stereocenters. The predicted octanol–water partition coefficient (Wildman–Crippen LogP) is 1.46. The average Bonchev–Trinajstić information content (AvgIpc) is 2.75. The predicted molar refractivity (Wildman–Crippen MR) is 94.0 cm³/mol. The number of halogens is 2. The molecule has 2 heterocycles. The van der Waals surface area contributed by atoms with Gasteiger partial charge in [0.1, 0.15) is 12.2 Å². The second kappa shape index (κ2) is 6.66. The Kier molecular flexibility index (Phi) is 5.37. The summed E-state index contributed by atoms with van der Waals surface area (Å²) in [5.74, 6) is -3.57. The lowest BCUT2D eigenvalue weighted by molar-refractivity contribution is -0.138. The van der Waals surface area contributed by atoms with E-state index in [1.54, 1.807) is 0 Å². The van der Waals surface area contributed by atoms with Crippen molar-refractivity contribution in [3.05, 3.63) is 33.1 Å². The molecule has 0 radical (unpaired) electrons. The molecule has 0 bridgehead atoms. The first-order valence-electron chi connectivity index (χ1n) is 8.34. The van der Waals surface area contributed by atoms with Crippen LogP contribution in [0.1, 0.15) is 27.0 Å². The molecule has 1 aromatic heterocycles. The van der Waals surface area contributed by atoms with Crippen molar-refractivity contribution in [2.75, 3.05) is 6.61 Å². The number of aliphatic hydroxyl groups excluding tert-OH is 1. The highest BCUT2D eigenvalue weighted by Crippen LogP contribution is 2.47. The third-order valence-corrected chi connectivity index (χ3v) is 9.68. The van der Waals surface area contributed by atoms with Crippen molar-refractivity contribution >= 4 is 8.32 Å². The lowest BCUT2D eigenvalue weighted by Crippen LogP contribution is -2.52. The Hall–Kier alpha value is -1.36. The quantitative estimate of drug-likeness (QED) is 0.785. The van der Waals surface area contributed by atoms with Crippen LogP contribution in [0.2, 0.25) is 18.1 Å². The maximum Gasteiger partial charge on any atom is 0.333 e. The monoisotopic (exact) mass is 392 g/mol. The average molecular weight is 392 g/mol. The van der Waals surface area contributed by atoms with Gasteiger partial charge in [-0.15, -0.1) is 0 Å². The van der Waals surface area contributed by atoms with E-state index < -0.39 is 50.5 Å². The standard InChI is InChI=1S/C16H26F2N2O5Si/c1-15(2,3)26(5,6)25-12-10(9-21)24-13(16(12,17)18)20-8-7-11(22)19(4)14(20)23/h7-8,10,12-13,21H,9H2,1-6H3/t10-,12?,13-/m1/s1. The van der Waals surface area contributed by atoms with E-state index in [0.717, 1.165) is 16.8 Å². The summed E-state index contributed by atoms with van der Waals surface area (Å²) in [4.78, 5) is 23.7. The molecule has 1 aliphatic rings. The maximum atomic E-state index is 15.1. The Morgan fingerprint density at radius 3 is 2.42 bits per heavy atom. The highest BCUT2D eigenvalue weighted by molar-refractivity contribution is 6.74. The molecule has 1 aromatic rings. The molecule has 0 amide bonds. The van der Waals surface area contributed by atoms with E-state index in [4.69, 9.17) is 9.16 Å². The normalized spacial score (nSPS) is 26.3. The molecule has 7 nitrogen and oxygen atoms in total. The van der Waals surface area contributed by atoms with E-state index in [1.807, 2.05) is 33.9 Å². The van der Waals surface area contributed by atoms with Gasteiger partial charge in [-0.2, -0.15) is 8.78 Å². The second-order valence-corrected chi connectivity index (χ2v) is 12.8. The van der Waals surface area contributed by atoms with Gasteiger partial charge in [-0.05, 0) is 18.1 Å². The third-order valence-electron chi connectivity index (χ3n) is 5.23. The van der Waals surface area contributed by atoms with E-state index >= 15 is 8.78 Å². The molecule has 0 saturated carbocycles. The fraction of sp³-hybridized carbons (Fsp3) is 0.750. The first-order valence-corrected chi connectivity index (χ1v) is 11.2. The molecular formula is C16H26F2N2O5Si. The van der Waals surface area contributed by atoms with Crippen molar-refractivity contribution in [3.63, 3.8) is 0 Å². The van der Waals surface area contributed by atoms with Crippen molar-refractivity contribution in [2.24, 2.45) is 7.05 Å². The van der Waals surface area contributed by atoms with Crippen LogP contribution < -0.4 is 11.2 Å². The minimum Gasteiger partial charge on any atom is -0.405 e. The largest absolute Gasteiger partial charge is 0.405 e. The first-order chi connectivity index (χ1) is 11.7. The number of hydrogen-bond donors (Lipinski definition) is 1. The number of alkyl halides is 2. The van der Waals surface area contributed by atoms with Crippen LogP contribution in [-0.2, 0) is 16.2 Å². The zero-order valence-corrected chi connectivity index (χ0v) is 16.8. The summed E-state index contributed by atoms with van der Waals surface area (Å²) in [6.07, 6.45) is -3.96. The fourth-order valence-electron chi connectivity index (χ4n) is 2.52. The summed E-state index contributed by atoms with van der Waals surface area (Å²) in [7, 11) is -1.40. The Labute approximate surface area is 151 Å².